The largest absolute Gasteiger partial charge is 0.348 e. The van der Waals surface area contributed by atoms with E-state index in [4.69, 9.17) is 0 Å². The molecular weight excluding hydrogens is 336 g/mol. The highest BCUT2D eigenvalue weighted by Gasteiger charge is 2.09. The lowest BCUT2D eigenvalue weighted by Gasteiger charge is -2.08. The van der Waals surface area contributed by atoms with Crippen molar-refractivity contribution >= 4 is 17.5 Å². The number of hydrogen-bond acceptors (Lipinski definition) is 2. The fourth-order valence-corrected chi connectivity index (χ4v) is 2.69. The van der Waals surface area contributed by atoms with Gasteiger partial charge in [-0.2, -0.15) is 0 Å². The number of aryl methyl sites for hydroxylation is 2. The normalized spacial score (nSPS) is 10.3. The zero-order valence-corrected chi connectivity index (χ0v) is 15.5. The molecule has 27 heavy (non-hydrogen) atoms. The minimum Gasteiger partial charge on any atom is -0.348 e. The molecule has 0 aromatic heterocycles. The van der Waals surface area contributed by atoms with Crippen molar-refractivity contribution in [1.29, 1.82) is 0 Å². The molecule has 0 atom stereocenters. The van der Waals surface area contributed by atoms with Crippen molar-refractivity contribution in [2.75, 3.05) is 5.32 Å². The Labute approximate surface area is 159 Å². The van der Waals surface area contributed by atoms with Crippen LogP contribution in [0.4, 0.5) is 5.69 Å². The molecule has 2 amide bonds. The molecule has 0 unspecified atom stereocenters. The second-order valence-corrected chi connectivity index (χ2v) is 6.57. The summed E-state index contributed by atoms with van der Waals surface area (Å²) in [6.45, 7) is 4.47. The summed E-state index contributed by atoms with van der Waals surface area (Å²) in [6, 6.07) is 22.3. The van der Waals surface area contributed by atoms with E-state index in [0.717, 1.165) is 16.8 Å². The van der Waals surface area contributed by atoms with Crippen LogP contribution in [0.1, 0.15) is 37.4 Å². The molecule has 136 valence electrons. The van der Waals surface area contributed by atoms with E-state index in [1.165, 1.54) is 5.56 Å². The average molecular weight is 358 g/mol. The Balaban J connectivity index is 1.59. The molecule has 0 aliphatic carbocycles. The maximum Gasteiger partial charge on any atom is 0.255 e. The molecule has 2 N–H and O–H groups in total. The van der Waals surface area contributed by atoms with Gasteiger partial charge in [-0.25, -0.2) is 0 Å². The molecule has 3 aromatic rings. The number of rotatable bonds is 5. The molecule has 4 heteroatoms. The predicted octanol–water partition coefficient (Wildman–Crippen LogP) is 4.49. The van der Waals surface area contributed by atoms with Gasteiger partial charge in [-0.3, -0.25) is 9.59 Å². The Kier molecular flexibility index (Phi) is 5.67. The maximum atomic E-state index is 12.3. The first-order valence-electron chi connectivity index (χ1n) is 8.83. The summed E-state index contributed by atoms with van der Waals surface area (Å²) in [5.74, 6) is -0.367. The second-order valence-electron chi connectivity index (χ2n) is 6.57. The monoisotopic (exact) mass is 358 g/mol. The number of benzene rings is 3. The molecule has 0 spiro atoms. The van der Waals surface area contributed by atoms with Crippen LogP contribution in [0.25, 0.3) is 0 Å². The average Bonchev–Trinajstić information content (AvgIpc) is 2.67. The van der Waals surface area contributed by atoms with Gasteiger partial charge < -0.3 is 10.6 Å². The van der Waals surface area contributed by atoms with Crippen molar-refractivity contribution in [2.45, 2.75) is 20.4 Å². The van der Waals surface area contributed by atoms with E-state index < -0.39 is 0 Å². The molecule has 0 fully saturated rings. The topological polar surface area (TPSA) is 58.2 Å². The van der Waals surface area contributed by atoms with Gasteiger partial charge >= 0.3 is 0 Å². The van der Waals surface area contributed by atoms with E-state index in [1.807, 2.05) is 62.4 Å². The third-order valence-corrected chi connectivity index (χ3v) is 4.26. The van der Waals surface area contributed by atoms with Crippen molar-refractivity contribution in [3.05, 3.63) is 101 Å². The second kappa shape index (κ2) is 8.32. The van der Waals surface area contributed by atoms with Gasteiger partial charge in [0, 0.05) is 23.4 Å². The molecule has 3 rings (SSSR count). The summed E-state index contributed by atoms with van der Waals surface area (Å²) >= 11 is 0. The van der Waals surface area contributed by atoms with Crippen LogP contribution in [-0.2, 0) is 6.54 Å². The summed E-state index contributed by atoms with van der Waals surface area (Å²) in [5.41, 5.74) is 5.09. The first-order chi connectivity index (χ1) is 13.0. The van der Waals surface area contributed by atoms with Gasteiger partial charge in [-0.1, -0.05) is 42.0 Å². The van der Waals surface area contributed by atoms with E-state index >= 15 is 0 Å². The molecule has 0 bridgehead atoms. The third-order valence-electron chi connectivity index (χ3n) is 4.26. The standard InChI is InChI=1S/C23H22N2O2/c1-16-6-8-18(9-7-16)15-24-22(26)19-10-12-20(13-11-19)23(27)25-21-5-3-4-17(2)14-21/h3-14H,15H2,1-2H3,(H,24,26)(H,25,27). The van der Waals surface area contributed by atoms with Crippen LogP contribution < -0.4 is 10.6 Å². The lowest BCUT2D eigenvalue weighted by atomic mass is 10.1. The van der Waals surface area contributed by atoms with Crippen molar-refractivity contribution in [1.82, 2.24) is 5.32 Å². The number of amides is 2. The summed E-state index contributed by atoms with van der Waals surface area (Å²) in [5, 5.41) is 5.75. The number of carbonyl (C=O) groups excluding carboxylic acids is 2. The van der Waals surface area contributed by atoms with Crippen molar-refractivity contribution < 1.29 is 9.59 Å². The molecule has 0 heterocycles. The molecular formula is C23H22N2O2. The van der Waals surface area contributed by atoms with E-state index in [2.05, 4.69) is 10.6 Å². The van der Waals surface area contributed by atoms with Gasteiger partial charge in [0.2, 0.25) is 0 Å². The quantitative estimate of drug-likeness (QED) is 0.706. The van der Waals surface area contributed by atoms with Crippen molar-refractivity contribution in [3.63, 3.8) is 0 Å². The van der Waals surface area contributed by atoms with E-state index in [-0.39, 0.29) is 11.8 Å². The van der Waals surface area contributed by atoms with Crippen molar-refractivity contribution in [3.8, 4) is 0 Å². The lowest BCUT2D eigenvalue weighted by molar-refractivity contribution is 0.0949. The van der Waals surface area contributed by atoms with Crippen molar-refractivity contribution in [2.24, 2.45) is 0 Å². The smallest absolute Gasteiger partial charge is 0.255 e. The van der Waals surface area contributed by atoms with Gasteiger partial charge in [-0.05, 0) is 61.4 Å². The van der Waals surface area contributed by atoms with Gasteiger partial charge in [0.25, 0.3) is 11.8 Å². The number of nitrogens with one attached hydrogen (secondary N) is 2. The minimum atomic E-state index is -0.202. The van der Waals surface area contributed by atoms with Gasteiger partial charge in [-0.15, -0.1) is 0 Å². The molecule has 0 saturated heterocycles. The zero-order valence-electron chi connectivity index (χ0n) is 15.5. The molecule has 3 aromatic carbocycles. The fourth-order valence-electron chi connectivity index (χ4n) is 2.69. The molecule has 0 aliphatic heterocycles. The number of anilines is 1. The highest BCUT2D eigenvalue weighted by Crippen LogP contribution is 2.12. The zero-order chi connectivity index (χ0) is 19.2. The molecule has 4 nitrogen and oxygen atoms in total. The maximum absolute atomic E-state index is 12.3. The summed E-state index contributed by atoms with van der Waals surface area (Å²) in [7, 11) is 0. The van der Waals surface area contributed by atoms with E-state index in [1.54, 1.807) is 24.3 Å². The Morgan fingerprint density at radius 1 is 0.741 bits per heavy atom. The molecule has 0 aliphatic rings. The molecule has 0 radical (unpaired) electrons. The lowest BCUT2D eigenvalue weighted by Crippen LogP contribution is -2.23. The predicted molar refractivity (Wildman–Crippen MR) is 108 cm³/mol. The van der Waals surface area contributed by atoms with Gasteiger partial charge in [0.15, 0.2) is 0 Å². The summed E-state index contributed by atoms with van der Waals surface area (Å²) < 4.78 is 0. The van der Waals surface area contributed by atoms with Crippen LogP contribution in [0.15, 0.2) is 72.8 Å². The first kappa shape index (κ1) is 18.4. The Hall–Kier alpha value is -3.40. The van der Waals surface area contributed by atoms with Crippen LogP contribution in [0, 0.1) is 13.8 Å². The van der Waals surface area contributed by atoms with Gasteiger partial charge in [0.1, 0.15) is 0 Å². The van der Waals surface area contributed by atoms with E-state index in [0.29, 0.717) is 17.7 Å². The van der Waals surface area contributed by atoms with Crippen LogP contribution >= 0.6 is 0 Å². The Morgan fingerprint density at radius 2 is 1.37 bits per heavy atom. The Bertz CT molecular complexity index is 945. The molecule has 0 saturated carbocycles. The summed E-state index contributed by atoms with van der Waals surface area (Å²) in [6.07, 6.45) is 0. The Morgan fingerprint density at radius 3 is 2.00 bits per heavy atom. The highest BCUT2D eigenvalue weighted by atomic mass is 16.2. The van der Waals surface area contributed by atoms with Crippen LogP contribution in [0.3, 0.4) is 0 Å². The van der Waals surface area contributed by atoms with Gasteiger partial charge in [0.05, 0.1) is 0 Å². The number of hydrogen-bond donors (Lipinski definition) is 2. The fraction of sp³-hybridized carbons (Fsp3) is 0.130. The summed E-state index contributed by atoms with van der Waals surface area (Å²) in [4.78, 5) is 24.6. The van der Waals surface area contributed by atoms with Crippen LogP contribution in [-0.4, -0.2) is 11.8 Å². The SMILES string of the molecule is Cc1ccc(CNC(=O)c2ccc(C(=O)Nc3cccc(C)c3)cc2)cc1. The first-order valence-corrected chi connectivity index (χ1v) is 8.83. The van der Waals surface area contributed by atoms with Crippen LogP contribution in [0.5, 0.6) is 0 Å². The minimum absolute atomic E-state index is 0.166. The highest BCUT2D eigenvalue weighted by molar-refractivity contribution is 6.05. The van der Waals surface area contributed by atoms with E-state index in [9.17, 15) is 9.59 Å². The third kappa shape index (κ3) is 5.05. The number of carbonyl (C=O) groups is 2. The van der Waals surface area contributed by atoms with Crippen LogP contribution in [0.2, 0.25) is 0 Å².